The summed E-state index contributed by atoms with van der Waals surface area (Å²) in [5, 5.41) is 13.7. The molecule has 0 aliphatic rings. The number of alkyl halides is 3. The monoisotopic (exact) mass is 413 g/mol. The summed E-state index contributed by atoms with van der Waals surface area (Å²) in [6.07, 6.45) is -4.75. The normalized spacial score (nSPS) is 11.4. The summed E-state index contributed by atoms with van der Waals surface area (Å²) < 4.78 is 51.7. The van der Waals surface area contributed by atoms with Gasteiger partial charge in [-0.3, -0.25) is 9.59 Å². The molecule has 11 heteroatoms. The Balaban J connectivity index is 1.85. The summed E-state index contributed by atoms with van der Waals surface area (Å²) in [6, 6.07) is 5.17. The summed E-state index contributed by atoms with van der Waals surface area (Å²) in [4.78, 5) is 30.9. The molecule has 0 saturated carbocycles. The second kappa shape index (κ2) is 7.43. The van der Waals surface area contributed by atoms with Crippen LogP contribution in [0.2, 0.25) is 0 Å². The van der Waals surface area contributed by atoms with E-state index in [1.807, 2.05) is 0 Å². The Morgan fingerprint density at radius 2 is 2.04 bits per heavy atom. The van der Waals surface area contributed by atoms with E-state index in [1.54, 1.807) is 17.5 Å². The van der Waals surface area contributed by atoms with Crippen LogP contribution >= 0.6 is 11.3 Å². The quantitative estimate of drug-likeness (QED) is 0.572. The zero-order valence-electron chi connectivity index (χ0n) is 13.8. The highest BCUT2D eigenvalue weighted by Gasteiger charge is 2.31. The lowest BCUT2D eigenvalue weighted by Gasteiger charge is -2.11. The molecule has 3 rings (SSSR count). The van der Waals surface area contributed by atoms with Gasteiger partial charge in [-0.15, -0.1) is 11.3 Å². The number of aromatic hydroxyl groups is 1. The van der Waals surface area contributed by atoms with E-state index in [1.165, 1.54) is 11.3 Å². The first-order valence-electron chi connectivity index (χ1n) is 7.67. The summed E-state index contributed by atoms with van der Waals surface area (Å²) in [7, 11) is 0. The third-order valence-corrected chi connectivity index (χ3v) is 4.48. The number of aromatic nitrogens is 2. The molecule has 0 saturated heterocycles. The molecule has 0 aliphatic carbocycles. The SMILES string of the molecule is O=C(NCc1cc(F)cc(C(F)(F)F)c1)c1nc(-c2cccs2)[nH]c(=O)c1O. The number of nitrogens with zero attached hydrogens (tertiary/aromatic N) is 1. The van der Waals surface area contributed by atoms with Gasteiger partial charge < -0.3 is 15.4 Å². The van der Waals surface area contributed by atoms with Crippen molar-refractivity contribution >= 4 is 17.2 Å². The van der Waals surface area contributed by atoms with E-state index in [9.17, 15) is 32.3 Å². The summed E-state index contributed by atoms with van der Waals surface area (Å²) >= 11 is 1.23. The van der Waals surface area contributed by atoms with E-state index in [0.717, 1.165) is 6.07 Å². The van der Waals surface area contributed by atoms with Gasteiger partial charge in [-0.05, 0) is 35.2 Å². The van der Waals surface area contributed by atoms with Crippen LogP contribution in [0.15, 0.2) is 40.5 Å². The molecular weight excluding hydrogens is 402 g/mol. The van der Waals surface area contributed by atoms with Crippen LogP contribution in [-0.4, -0.2) is 21.0 Å². The van der Waals surface area contributed by atoms with Gasteiger partial charge in [0.2, 0.25) is 5.75 Å². The molecular formula is C17H11F4N3O3S. The zero-order valence-corrected chi connectivity index (χ0v) is 14.6. The van der Waals surface area contributed by atoms with Crippen molar-refractivity contribution in [1.29, 1.82) is 0 Å². The number of rotatable bonds is 4. The Hall–Kier alpha value is -3.21. The van der Waals surface area contributed by atoms with Crippen LogP contribution in [-0.2, 0) is 12.7 Å². The van der Waals surface area contributed by atoms with Gasteiger partial charge in [-0.2, -0.15) is 13.2 Å². The van der Waals surface area contributed by atoms with Gasteiger partial charge >= 0.3 is 6.18 Å². The first-order valence-corrected chi connectivity index (χ1v) is 8.55. The van der Waals surface area contributed by atoms with Crippen molar-refractivity contribution in [3.8, 4) is 16.5 Å². The van der Waals surface area contributed by atoms with Crippen molar-refractivity contribution in [2.24, 2.45) is 0 Å². The van der Waals surface area contributed by atoms with Gasteiger partial charge in [0.25, 0.3) is 11.5 Å². The molecule has 0 fully saturated rings. The predicted octanol–water partition coefficient (Wildman–Crippen LogP) is 3.29. The maximum atomic E-state index is 13.4. The second-order valence-electron chi connectivity index (χ2n) is 5.62. The Morgan fingerprint density at radius 1 is 1.29 bits per heavy atom. The maximum absolute atomic E-state index is 13.4. The molecule has 6 nitrogen and oxygen atoms in total. The van der Waals surface area contributed by atoms with Crippen molar-refractivity contribution in [3.63, 3.8) is 0 Å². The lowest BCUT2D eigenvalue weighted by molar-refractivity contribution is -0.137. The predicted molar refractivity (Wildman–Crippen MR) is 92.4 cm³/mol. The van der Waals surface area contributed by atoms with Crippen LogP contribution in [0, 0.1) is 5.82 Å². The number of carbonyl (C=O) groups excluding carboxylic acids is 1. The minimum absolute atomic E-state index is 0.0491. The van der Waals surface area contributed by atoms with Crippen LogP contribution in [0.4, 0.5) is 17.6 Å². The van der Waals surface area contributed by atoms with Gasteiger partial charge in [0.1, 0.15) is 5.82 Å². The average Bonchev–Trinajstić information content (AvgIpc) is 3.15. The molecule has 0 spiro atoms. The third kappa shape index (κ3) is 4.19. The number of carbonyl (C=O) groups is 1. The molecule has 3 N–H and O–H groups in total. The number of hydrogen-bond donors (Lipinski definition) is 3. The summed E-state index contributed by atoms with van der Waals surface area (Å²) in [5.41, 5.74) is -2.90. The zero-order chi connectivity index (χ0) is 20.5. The molecule has 0 unspecified atom stereocenters. The molecule has 0 aliphatic heterocycles. The fraction of sp³-hybridized carbons (Fsp3) is 0.118. The lowest BCUT2D eigenvalue weighted by atomic mass is 10.1. The topological polar surface area (TPSA) is 95.1 Å². The molecule has 1 aromatic carbocycles. The largest absolute Gasteiger partial charge is 0.501 e. The van der Waals surface area contributed by atoms with Gasteiger partial charge in [0, 0.05) is 6.54 Å². The number of nitrogens with one attached hydrogen (secondary N) is 2. The Labute approximate surface area is 158 Å². The van der Waals surface area contributed by atoms with Crippen LogP contribution in [0.1, 0.15) is 21.6 Å². The number of amides is 1. The highest BCUT2D eigenvalue weighted by Crippen LogP contribution is 2.30. The van der Waals surface area contributed by atoms with E-state index in [4.69, 9.17) is 0 Å². The number of aromatic amines is 1. The molecule has 2 heterocycles. The molecule has 0 bridgehead atoms. The van der Waals surface area contributed by atoms with Crippen LogP contribution in [0.5, 0.6) is 5.75 Å². The Kier molecular flexibility index (Phi) is 5.18. The number of hydrogen-bond acceptors (Lipinski definition) is 5. The number of thiophene rings is 1. The number of H-pyrrole nitrogens is 1. The fourth-order valence-electron chi connectivity index (χ4n) is 2.34. The van der Waals surface area contributed by atoms with Crippen molar-refractivity contribution in [3.05, 3.63) is 68.7 Å². The van der Waals surface area contributed by atoms with Gasteiger partial charge in [-0.25, -0.2) is 9.37 Å². The van der Waals surface area contributed by atoms with Gasteiger partial charge in [0.05, 0.1) is 10.4 Å². The highest BCUT2D eigenvalue weighted by atomic mass is 32.1. The third-order valence-electron chi connectivity index (χ3n) is 3.60. The molecule has 2 aromatic heterocycles. The molecule has 28 heavy (non-hydrogen) atoms. The Bertz CT molecular complexity index is 1080. The van der Waals surface area contributed by atoms with Crippen LogP contribution < -0.4 is 10.9 Å². The second-order valence-corrected chi connectivity index (χ2v) is 6.57. The van der Waals surface area contributed by atoms with Crippen LogP contribution in [0.3, 0.4) is 0 Å². The molecule has 0 radical (unpaired) electrons. The van der Waals surface area contributed by atoms with Crippen molar-refractivity contribution < 1.29 is 27.5 Å². The van der Waals surface area contributed by atoms with E-state index in [2.05, 4.69) is 15.3 Å². The lowest BCUT2D eigenvalue weighted by Crippen LogP contribution is -2.26. The van der Waals surface area contributed by atoms with Crippen molar-refractivity contribution in [2.75, 3.05) is 0 Å². The first-order chi connectivity index (χ1) is 13.1. The van der Waals surface area contributed by atoms with Crippen molar-refractivity contribution in [1.82, 2.24) is 15.3 Å². The van der Waals surface area contributed by atoms with E-state index >= 15 is 0 Å². The van der Waals surface area contributed by atoms with Crippen molar-refractivity contribution in [2.45, 2.75) is 12.7 Å². The highest BCUT2D eigenvalue weighted by molar-refractivity contribution is 7.13. The Morgan fingerprint density at radius 3 is 2.68 bits per heavy atom. The minimum atomic E-state index is -4.75. The summed E-state index contributed by atoms with van der Waals surface area (Å²) in [6.45, 7) is -0.470. The number of benzene rings is 1. The molecule has 3 aromatic rings. The maximum Gasteiger partial charge on any atom is 0.416 e. The van der Waals surface area contributed by atoms with Crippen LogP contribution in [0.25, 0.3) is 10.7 Å². The van der Waals surface area contributed by atoms with E-state index < -0.39 is 47.0 Å². The first kappa shape index (κ1) is 19.5. The molecule has 146 valence electrons. The number of halogens is 4. The van der Waals surface area contributed by atoms with E-state index in [-0.39, 0.29) is 11.4 Å². The molecule has 0 atom stereocenters. The minimum Gasteiger partial charge on any atom is -0.501 e. The average molecular weight is 413 g/mol. The summed E-state index contributed by atoms with van der Waals surface area (Å²) in [5.74, 6) is -3.00. The van der Waals surface area contributed by atoms with Gasteiger partial charge in [-0.1, -0.05) is 6.07 Å². The molecule has 1 amide bonds. The van der Waals surface area contributed by atoms with E-state index in [0.29, 0.717) is 17.0 Å². The smallest absolute Gasteiger partial charge is 0.416 e. The fourth-order valence-corrected chi connectivity index (χ4v) is 3.01. The standard InChI is InChI=1S/C17H11F4N3O3S/c18-10-5-8(4-9(6-10)17(19,20)21)7-22-15(26)12-13(25)16(27)24-14(23-12)11-2-1-3-28-11/h1-6,25H,7H2,(H,22,26)(H,23,24,27). The van der Waals surface area contributed by atoms with Gasteiger partial charge in [0.15, 0.2) is 11.5 Å².